The van der Waals surface area contributed by atoms with Gasteiger partial charge in [-0.3, -0.25) is 0 Å². The van der Waals surface area contributed by atoms with Crippen LogP contribution in [0.15, 0.2) is 84.8 Å². The van der Waals surface area contributed by atoms with Gasteiger partial charge in [0, 0.05) is 25.0 Å². The molecule has 0 saturated carbocycles. The fourth-order valence-electron chi connectivity index (χ4n) is 3.52. The fourth-order valence-corrected chi connectivity index (χ4v) is 3.52. The van der Waals surface area contributed by atoms with Crippen LogP contribution in [-0.2, 0) is 5.41 Å². The molecule has 4 aromatic rings. The monoisotopic (exact) mass is 415 g/mol. The van der Waals surface area contributed by atoms with Crippen LogP contribution in [-0.4, -0.2) is 0 Å². The van der Waals surface area contributed by atoms with E-state index in [1.54, 1.807) is 48.5 Å². The Morgan fingerprint density at radius 1 is 0.677 bits per heavy atom. The Morgan fingerprint density at radius 3 is 1.97 bits per heavy atom. The molecule has 0 aliphatic rings. The zero-order chi connectivity index (χ0) is 30.7. The molecule has 0 aromatic heterocycles. The molecule has 0 aliphatic heterocycles. The minimum atomic E-state index is -2.58. The SMILES string of the molecule is [2H]c1c([2H])c(C(C)(C)C)c([2H])c([2H])c1-c1cccc(-c2ccc(-c3ccccc3C([2H])([2H])[2H])c(C([2H])([2H])[2H])c2)c1N. The Labute approximate surface area is 200 Å². The Kier molecular flexibility index (Phi) is 3.10. The quantitative estimate of drug-likeness (QED) is 0.335. The Morgan fingerprint density at radius 2 is 1.29 bits per heavy atom. The second kappa shape index (κ2) is 8.07. The maximum atomic E-state index is 8.71. The average molecular weight is 416 g/mol. The standard InChI is InChI=1S/C30H31N/c1-20-9-6-7-10-25(20)26-18-15-23(19-21(26)2)28-12-8-11-27(29(28)31)22-13-16-24(17-14-22)30(3,4)5/h6-19H,31H2,1-5H3/i1D3,2D3,13D,14D,16D,17D. The van der Waals surface area contributed by atoms with Crippen LogP contribution in [0.1, 0.15) is 51.2 Å². The van der Waals surface area contributed by atoms with Crippen molar-refractivity contribution >= 4 is 5.69 Å². The maximum Gasteiger partial charge on any atom is 0.0629 e. The molecule has 0 atom stereocenters. The summed E-state index contributed by atoms with van der Waals surface area (Å²) >= 11 is 0. The summed E-state index contributed by atoms with van der Waals surface area (Å²) in [6.07, 6.45) is 0. The first-order valence-corrected chi connectivity index (χ1v) is 10.1. The van der Waals surface area contributed by atoms with Crippen molar-refractivity contribution in [2.24, 2.45) is 0 Å². The summed E-state index contributed by atoms with van der Waals surface area (Å²) in [6, 6.07) is 15.3. The van der Waals surface area contributed by atoms with E-state index in [-0.39, 0.29) is 52.1 Å². The van der Waals surface area contributed by atoms with Gasteiger partial charge in [-0.15, -0.1) is 0 Å². The van der Waals surface area contributed by atoms with Crippen molar-refractivity contribution in [3.05, 3.63) is 102 Å². The summed E-state index contributed by atoms with van der Waals surface area (Å²) < 4.78 is 83.1. The highest BCUT2D eigenvalue weighted by molar-refractivity contribution is 5.89. The molecule has 31 heavy (non-hydrogen) atoms. The van der Waals surface area contributed by atoms with Gasteiger partial charge in [-0.2, -0.15) is 0 Å². The van der Waals surface area contributed by atoms with E-state index in [4.69, 9.17) is 19.4 Å². The molecule has 0 radical (unpaired) electrons. The average Bonchev–Trinajstić information content (AvgIpc) is 2.86. The summed E-state index contributed by atoms with van der Waals surface area (Å²) in [4.78, 5) is 0. The lowest BCUT2D eigenvalue weighted by Gasteiger charge is -2.19. The lowest BCUT2D eigenvalue weighted by molar-refractivity contribution is 0.590. The van der Waals surface area contributed by atoms with Gasteiger partial charge in [0.1, 0.15) is 0 Å². The highest BCUT2D eigenvalue weighted by Crippen LogP contribution is 2.37. The van der Waals surface area contributed by atoms with Crippen LogP contribution in [0.25, 0.3) is 33.4 Å². The molecule has 1 nitrogen and oxygen atoms in total. The Balaban J connectivity index is 1.95. The fraction of sp³-hybridized carbons (Fsp3) is 0.200. The predicted molar refractivity (Wildman–Crippen MR) is 135 cm³/mol. The van der Waals surface area contributed by atoms with E-state index in [0.717, 1.165) is 0 Å². The van der Waals surface area contributed by atoms with Crippen LogP contribution in [0.3, 0.4) is 0 Å². The van der Waals surface area contributed by atoms with Gasteiger partial charge in [0.05, 0.1) is 5.48 Å². The van der Waals surface area contributed by atoms with E-state index >= 15 is 0 Å². The first kappa shape index (κ1) is 11.9. The maximum absolute atomic E-state index is 8.71. The minimum absolute atomic E-state index is 0.0433. The van der Waals surface area contributed by atoms with Gasteiger partial charge < -0.3 is 5.73 Å². The number of nitrogens with two attached hydrogens (primary N) is 1. The van der Waals surface area contributed by atoms with Crippen molar-refractivity contribution in [1.29, 1.82) is 0 Å². The first-order valence-electron chi connectivity index (χ1n) is 15.1. The van der Waals surface area contributed by atoms with Crippen LogP contribution in [0, 0.1) is 13.7 Å². The van der Waals surface area contributed by atoms with Crippen LogP contribution < -0.4 is 5.73 Å². The Bertz CT molecular complexity index is 1610. The molecule has 4 aromatic carbocycles. The molecule has 0 heterocycles. The molecule has 156 valence electrons. The summed E-state index contributed by atoms with van der Waals surface area (Å²) in [5, 5.41) is 0. The predicted octanol–water partition coefficient (Wildman–Crippen LogP) is 8.18. The number of aryl methyl sites for hydroxylation is 2. The van der Waals surface area contributed by atoms with E-state index in [1.165, 1.54) is 12.1 Å². The van der Waals surface area contributed by atoms with Gasteiger partial charge in [0.25, 0.3) is 0 Å². The van der Waals surface area contributed by atoms with E-state index in [2.05, 4.69) is 0 Å². The van der Waals surface area contributed by atoms with Crippen molar-refractivity contribution in [1.82, 2.24) is 0 Å². The third kappa shape index (κ3) is 4.14. The molecule has 0 aliphatic carbocycles. The molecule has 0 unspecified atom stereocenters. The van der Waals surface area contributed by atoms with Crippen molar-refractivity contribution in [2.75, 3.05) is 5.73 Å². The lowest BCUT2D eigenvalue weighted by atomic mass is 9.86. The highest BCUT2D eigenvalue weighted by Gasteiger charge is 2.15. The zero-order valence-corrected chi connectivity index (χ0v) is 17.9. The zero-order valence-electron chi connectivity index (χ0n) is 27.9. The number of nitrogen functional groups attached to an aromatic ring is 1. The Hall–Kier alpha value is -3.32. The number of rotatable bonds is 3. The molecule has 0 saturated heterocycles. The smallest absolute Gasteiger partial charge is 0.0629 e. The lowest BCUT2D eigenvalue weighted by Crippen LogP contribution is -2.10. The molecule has 4 rings (SSSR count). The normalized spacial score (nSPS) is 17.0. The molecular weight excluding hydrogens is 374 g/mol. The van der Waals surface area contributed by atoms with Crippen molar-refractivity contribution in [3.8, 4) is 33.4 Å². The van der Waals surface area contributed by atoms with E-state index in [1.807, 2.05) is 20.8 Å². The van der Waals surface area contributed by atoms with Gasteiger partial charge in [0.2, 0.25) is 0 Å². The molecular formula is C30H31N. The van der Waals surface area contributed by atoms with Gasteiger partial charge in [0.15, 0.2) is 0 Å². The van der Waals surface area contributed by atoms with Gasteiger partial charge in [-0.1, -0.05) is 106 Å². The molecule has 0 fully saturated rings. The molecule has 1 heteroatoms. The number of hydrogen-bond acceptors (Lipinski definition) is 1. The van der Waals surface area contributed by atoms with E-state index in [0.29, 0.717) is 27.8 Å². The van der Waals surface area contributed by atoms with Crippen molar-refractivity contribution in [2.45, 2.75) is 39.9 Å². The van der Waals surface area contributed by atoms with Crippen LogP contribution in [0.5, 0.6) is 0 Å². The third-order valence-electron chi connectivity index (χ3n) is 5.30. The largest absolute Gasteiger partial charge is 0.398 e. The van der Waals surface area contributed by atoms with Crippen molar-refractivity contribution < 1.29 is 13.7 Å². The van der Waals surface area contributed by atoms with E-state index in [9.17, 15) is 0 Å². The van der Waals surface area contributed by atoms with Gasteiger partial charge >= 0.3 is 0 Å². The van der Waals surface area contributed by atoms with E-state index < -0.39 is 19.1 Å². The summed E-state index contributed by atoms with van der Waals surface area (Å²) in [7, 11) is 0. The molecule has 2 N–H and O–H groups in total. The second-order valence-electron chi connectivity index (χ2n) is 8.57. The van der Waals surface area contributed by atoms with Crippen molar-refractivity contribution in [3.63, 3.8) is 0 Å². The second-order valence-corrected chi connectivity index (χ2v) is 8.57. The molecule has 0 spiro atoms. The number of para-hydroxylation sites is 1. The third-order valence-corrected chi connectivity index (χ3v) is 5.30. The summed E-state index contributed by atoms with van der Waals surface area (Å²) in [5.74, 6) is 0. The van der Waals surface area contributed by atoms with Crippen LogP contribution >= 0.6 is 0 Å². The highest BCUT2D eigenvalue weighted by atomic mass is 14.6. The molecule has 0 bridgehead atoms. The van der Waals surface area contributed by atoms with Gasteiger partial charge in [-0.25, -0.2) is 0 Å². The number of anilines is 1. The first-order chi connectivity index (χ1) is 18.9. The summed E-state index contributed by atoms with van der Waals surface area (Å²) in [6.45, 7) is 0.459. The van der Waals surface area contributed by atoms with Crippen LogP contribution in [0.2, 0.25) is 0 Å². The van der Waals surface area contributed by atoms with Gasteiger partial charge in [-0.05, 0) is 58.1 Å². The minimum Gasteiger partial charge on any atom is -0.398 e. The number of benzene rings is 4. The van der Waals surface area contributed by atoms with Crippen LogP contribution in [0.4, 0.5) is 5.69 Å². The number of hydrogen-bond donors (Lipinski definition) is 1. The topological polar surface area (TPSA) is 26.0 Å². The summed E-state index contributed by atoms with van der Waals surface area (Å²) in [5.41, 5.74) is 8.28. The molecule has 0 amide bonds.